The predicted molar refractivity (Wildman–Crippen MR) is 54.2 cm³/mol. The lowest BCUT2D eigenvalue weighted by Gasteiger charge is -2.31. The van der Waals surface area contributed by atoms with E-state index in [1.165, 1.54) is 0 Å². The molecule has 3 nitrogen and oxygen atoms in total. The quantitative estimate of drug-likeness (QED) is 0.530. The van der Waals surface area contributed by atoms with E-state index >= 15 is 0 Å². The van der Waals surface area contributed by atoms with Crippen LogP contribution in [0.1, 0.15) is 52.4 Å². The van der Waals surface area contributed by atoms with Crippen LogP contribution in [0.4, 0.5) is 0 Å². The molecule has 0 atom stereocenters. The van der Waals surface area contributed by atoms with Crippen LogP contribution in [0.15, 0.2) is 0 Å². The standard InChI is InChI=1S/C10H23NO2/c1-3-5-7-10(11,9(12)13)8-6-4-2/h9,12-13H,3-8,11H2,1-2H3. The molecule has 0 rings (SSSR count). The van der Waals surface area contributed by atoms with Crippen LogP contribution in [-0.4, -0.2) is 22.0 Å². The molecule has 13 heavy (non-hydrogen) atoms. The molecule has 0 bridgehead atoms. The Morgan fingerprint density at radius 3 is 1.69 bits per heavy atom. The molecule has 0 aliphatic heterocycles. The smallest absolute Gasteiger partial charge is 0.169 e. The van der Waals surface area contributed by atoms with Crippen LogP contribution in [0.25, 0.3) is 0 Å². The van der Waals surface area contributed by atoms with E-state index in [9.17, 15) is 0 Å². The lowest BCUT2D eigenvalue weighted by Crippen LogP contribution is -2.50. The van der Waals surface area contributed by atoms with Crippen LogP contribution < -0.4 is 5.73 Å². The van der Waals surface area contributed by atoms with Crippen LogP contribution in [0.3, 0.4) is 0 Å². The fourth-order valence-electron chi connectivity index (χ4n) is 1.40. The molecular weight excluding hydrogens is 166 g/mol. The fraction of sp³-hybridized carbons (Fsp3) is 1.00. The van der Waals surface area contributed by atoms with Gasteiger partial charge in [0, 0.05) is 0 Å². The van der Waals surface area contributed by atoms with Crippen LogP contribution in [0.5, 0.6) is 0 Å². The first-order chi connectivity index (χ1) is 6.06. The number of aliphatic hydroxyl groups is 2. The van der Waals surface area contributed by atoms with Gasteiger partial charge in [-0.25, -0.2) is 0 Å². The molecule has 0 radical (unpaired) electrons. The Balaban J connectivity index is 4.00. The molecule has 80 valence electrons. The average Bonchev–Trinajstić information content (AvgIpc) is 2.11. The second-order valence-corrected chi connectivity index (χ2v) is 3.81. The van der Waals surface area contributed by atoms with Gasteiger partial charge in [0.1, 0.15) is 0 Å². The van der Waals surface area contributed by atoms with E-state index in [1.54, 1.807) is 0 Å². The van der Waals surface area contributed by atoms with Gasteiger partial charge in [0.05, 0.1) is 5.54 Å². The van der Waals surface area contributed by atoms with Crippen molar-refractivity contribution >= 4 is 0 Å². The lowest BCUT2D eigenvalue weighted by atomic mass is 9.87. The maximum absolute atomic E-state index is 9.16. The summed E-state index contributed by atoms with van der Waals surface area (Å²) < 4.78 is 0. The molecule has 0 aromatic carbocycles. The van der Waals surface area contributed by atoms with E-state index in [1.807, 2.05) is 0 Å². The SMILES string of the molecule is CCCCC(N)(CCCC)C(O)O. The van der Waals surface area contributed by atoms with E-state index in [4.69, 9.17) is 15.9 Å². The number of hydrogen-bond acceptors (Lipinski definition) is 3. The first-order valence-electron chi connectivity index (χ1n) is 5.22. The highest BCUT2D eigenvalue weighted by Gasteiger charge is 2.30. The molecule has 0 aromatic rings. The maximum Gasteiger partial charge on any atom is 0.169 e. The van der Waals surface area contributed by atoms with Crippen LogP contribution in [0, 0.1) is 0 Å². The van der Waals surface area contributed by atoms with Gasteiger partial charge in [-0.1, -0.05) is 39.5 Å². The summed E-state index contributed by atoms with van der Waals surface area (Å²) in [7, 11) is 0. The van der Waals surface area contributed by atoms with Crippen LogP contribution >= 0.6 is 0 Å². The summed E-state index contributed by atoms with van der Waals surface area (Å²) in [6.45, 7) is 4.15. The van der Waals surface area contributed by atoms with E-state index < -0.39 is 11.8 Å². The van der Waals surface area contributed by atoms with Crippen molar-refractivity contribution in [3.8, 4) is 0 Å². The average molecular weight is 189 g/mol. The predicted octanol–water partition coefficient (Wildman–Crippen LogP) is 1.38. The maximum atomic E-state index is 9.16. The van der Waals surface area contributed by atoms with Crippen molar-refractivity contribution in [1.82, 2.24) is 0 Å². The number of rotatable bonds is 7. The van der Waals surface area contributed by atoms with E-state index in [0.717, 1.165) is 25.7 Å². The molecule has 0 amide bonds. The van der Waals surface area contributed by atoms with Crippen molar-refractivity contribution in [2.24, 2.45) is 5.73 Å². The Labute approximate surface area is 81.0 Å². The van der Waals surface area contributed by atoms with Gasteiger partial charge in [-0.2, -0.15) is 0 Å². The Morgan fingerprint density at radius 2 is 1.46 bits per heavy atom. The largest absolute Gasteiger partial charge is 0.367 e. The molecule has 0 aromatic heterocycles. The molecule has 0 spiro atoms. The summed E-state index contributed by atoms with van der Waals surface area (Å²) in [5.74, 6) is 0. The Hall–Kier alpha value is -0.120. The zero-order valence-corrected chi connectivity index (χ0v) is 8.79. The third kappa shape index (κ3) is 4.60. The molecular formula is C10H23NO2. The molecule has 0 fully saturated rings. The second kappa shape index (κ2) is 6.35. The Kier molecular flexibility index (Phi) is 6.29. The van der Waals surface area contributed by atoms with Crippen molar-refractivity contribution in [2.45, 2.75) is 64.2 Å². The number of nitrogens with two attached hydrogens (primary N) is 1. The molecule has 3 heteroatoms. The van der Waals surface area contributed by atoms with Crippen molar-refractivity contribution < 1.29 is 10.2 Å². The second-order valence-electron chi connectivity index (χ2n) is 3.81. The Bertz CT molecular complexity index is 118. The lowest BCUT2D eigenvalue weighted by molar-refractivity contribution is -0.102. The summed E-state index contributed by atoms with van der Waals surface area (Å²) in [5.41, 5.74) is 5.13. The van der Waals surface area contributed by atoms with Gasteiger partial charge >= 0.3 is 0 Å². The Morgan fingerprint density at radius 1 is 1.08 bits per heavy atom. The molecule has 0 aliphatic rings. The minimum absolute atomic E-state index is 0.696. The first kappa shape index (κ1) is 12.9. The minimum Gasteiger partial charge on any atom is -0.367 e. The van der Waals surface area contributed by atoms with Gasteiger partial charge in [0.25, 0.3) is 0 Å². The summed E-state index contributed by atoms with van der Waals surface area (Å²) in [6.07, 6.45) is 4.00. The fourth-order valence-corrected chi connectivity index (χ4v) is 1.40. The van der Waals surface area contributed by atoms with Gasteiger partial charge < -0.3 is 15.9 Å². The van der Waals surface area contributed by atoms with Crippen LogP contribution in [-0.2, 0) is 0 Å². The zero-order chi connectivity index (χ0) is 10.3. The third-order valence-corrected chi connectivity index (χ3v) is 2.51. The normalized spacial score (nSPS) is 12.5. The first-order valence-corrected chi connectivity index (χ1v) is 5.22. The van der Waals surface area contributed by atoms with Crippen molar-refractivity contribution in [2.75, 3.05) is 0 Å². The summed E-state index contributed by atoms with van der Waals surface area (Å²) in [4.78, 5) is 0. The summed E-state index contributed by atoms with van der Waals surface area (Å²) in [5, 5.41) is 18.3. The van der Waals surface area contributed by atoms with Crippen molar-refractivity contribution in [3.63, 3.8) is 0 Å². The van der Waals surface area contributed by atoms with Crippen LogP contribution in [0.2, 0.25) is 0 Å². The van der Waals surface area contributed by atoms with Gasteiger partial charge in [0.2, 0.25) is 0 Å². The molecule has 0 unspecified atom stereocenters. The van der Waals surface area contributed by atoms with Gasteiger partial charge in [-0.3, -0.25) is 0 Å². The van der Waals surface area contributed by atoms with E-state index in [-0.39, 0.29) is 0 Å². The molecule has 0 saturated carbocycles. The topological polar surface area (TPSA) is 66.5 Å². The highest BCUT2D eigenvalue weighted by Crippen LogP contribution is 2.21. The zero-order valence-electron chi connectivity index (χ0n) is 8.79. The van der Waals surface area contributed by atoms with Crippen molar-refractivity contribution in [1.29, 1.82) is 0 Å². The van der Waals surface area contributed by atoms with Gasteiger partial charge in [0.15, 0.2) is 6.29 Å². The summed E-state index contributed by atoms with van der Waals surface area (Å²) >= 11 is 0. The highest BCUT2D eigenvalue weighted by molar-refractivity contribution is 4.85. The van der Waals surface area contributed by atoms with Gasteiger partial charge in [-0.05, 0) is 12.8 Å². The van der Waals surface area contributed by atoms with E-state index in [2.05, 4.69) is 13.8 Å². The van der Waals surface area contributed by atoms with Crippen molar-refractivity contribution in [3.05, 3.63) is 0 Å². The molecule has 4 N–H and O–H groups in total. The number of unbranched alkanes of at least 4 members (excludes halogenated alkanes) is 2. The minimum atomic E-state index is -1.38. The molecule has 0 heterocycles. The molecule has 0 aliphatic carbocycles. The number of aliphatic hydroxyl groups excluding tert-OH is 1. The third-order valence-electron chi connectivity index (χ3n) is 2.51. The molecule has 0 saturated heterocycles. The van der Waals surface area contributed by atoms with Gasteiger partial charge in [-0.15, -0.1) is 0 Å². The number of hydrogen-bond donors (Lipinski definition) is 3. The monoisotopic (exact) mass is 189 g/mol. The highest BCUT2D eigenvalue weighted by atomic mass is 16.5. The summed E-state index contributed by atoms with van der Waals surface area (Å²) in [6, 6.07) is 0. The van der Waals surface area contributed by atoms with E-state index in [0.29, 0.717) is 12.8 Å².